The minimum Gasteiger partial charge on any atom is -0.462 e. The summed E-state index contributed by atoms with van der Waals surface area (Å²) in [4.78, 5) is 73.0. The Morgan fingerprint density at radius 3 is 0.821 bits per heavy atom. The molecule has 19 heteroatoms. The van der Waals surface area contributed by atoms with Gasteiger partial charge in [0.05, 0.1) is 26.4 Å². The lowest BCUT2D eigenvalue weighted by Crippen LogP contribution is -2.30. The van der Waals surface area contributed by atoms with E-state index < -0.39 is 97.5 Å². The van der Waals surface area contributed by atoms with Gasteiger partial charge >= 0.3 is 39.5 Å². The van der Waals surface area contributed by atoms with Gasteiger partial charge in [0.25, 0.3) is 0 Å². The summed E-state index contributed by atoms with van der Waals surface area (Å²) in [5.74, 6) is -2.36. The molecular formula is C87H148O17P2. The van der Waals surface area contributed by atoms with Crippen LogP contribution in [-0.2, 0) is 65.4 Å². The maximum Gasteiger partial charge on any atom is 0.472 e. The summed E-state index contributed by atoms with van der Waals surface area (Å²) in [5, 5.41) is 10.6. The summed E-state index contributed by atoms with van der Waals surface area (Å²) >= 11 is 0. The van der Waals surface area contributed by atoms with Crippen LogP contribution in [0.4, 0.5) is 0 Å². The van der Waals surface area contributed by atoms with Gasteiger partial charge in [-0.25, -0.2) is 9.13 Å². The third-order valence-corrected chi connectivity index (χ3v) is 19.0. The van der Waals surface area contributed by atoms with E-state index in [1.807, 2.05) is 30.4 Å². The van der Waals surface area contributed by atoms with E-state index in [4.69, 9.17) is 37.0 Å². The van der Waals surface area contributed by atoms with Gasteiger partial charge in [0.2, 0.25) is 0 Å². The number of ether oxygens (including phenoxy) is 4. The Balaban J connectivity index is 5.48. The van der Waals surface area contributed by atoms with Crippen LogP contribution < -0.4 is 0 Å². The monoisotopic (exact) mass is 1530 g/mol. The molecule has 0 saturated heterocycles. The van der Waals surface area contributed by atoms with Gasteiger partial charge in [0.15, 0.2) is 12.2 Å². The predicted molar refractivity (Wildman–Crippen MR) is 436 cm³/mol. The SMILES string of the molecule is CCCCC/C=C\C/C=C\C/C=C\C/C=C\C/C=C\CCC(=O)OC[C@H](COP(=O)(O)OC[C@@H](O)COP(=O)(O)OC[C@@H](COC(=O)CCCCCCCCCCCCCCC)OC(=O)CC/C=C\C/C=C\C/C=C\C/C=C\C/C=C\CCCCC)OC(=O)CCCCCCCCC/C=C\CCCCCC. The molecule has 106 heavy (non-hydrogen) atoms. The molecule has 0 aromatic heterocycles. The van der Waals surface area contributed by atoms with E-state index in [0.717, 1.165) is 128 Å². The van der Waals surface area contributed by atoms with E-state index in [1.54, 1.807) is 0 Å². The number of hydrogen-bond donors (Lipinski definition) is 3. The molecule has 0 aliphatic heterocycles. The van der Waals surface area contributed by atoms with E-state index in [9.17, 15) is 43.2 Å². The third-order valence-electron chi connectivity index (χ3n) is 17.1. The topological polar surface area (TPSA) is 237 Å². The summed E-state index contributed by atoms with van der Waals surface area (Å²) in [5.41, 5.74) is 0. The quantitative estimate of drug-likeness (QED) is 0.0169. The van der Waals surface area contributed by atoms with Crippen molar-refractivity contribution in [2.24, 2.45) is 0 Å². The van der Waals surface area contributed by atoms with Crippen LogP contribution in [0.5, 0.6) is 0 Å². The van der Waals surface area contributed by atoms with Crippen molar-refractivity contribution < 1.29 is 80.2 Å². The summed E-state index contributed by atoms with van der Waals surface area (Å²) < 4.78 is 68.5. The number of esters is 4. The van der Waals surface area contributed by atoms with Crippen LogP contribution >= 0.6 is 15.6 Å². The first-order valence-electron chi connectivity index (χ1n) is 41.4. The number of carbonyl (C=O) groups excluding carboxylic acids is 4. The van der Waals surface area contributed by atoms with Gasteiger partial charge in [-0.3, -0.25) is 37.3 Å². The van der Waals surface area contributed by atoms with Crippen molar-refractivity contribution in [1.82, 2.24) is 0 Å². The van der Waals surface area contributed by atoms with Gasteiger partial charge in [-0.2, -0.15) is 0 Å². The molecule has 0 amide bonds. The first-order valence-corrected chi connectivity index (χ1v) is 44.4. The lowest BCUT2D eigenvalue weighted by atomic mass is 10.0. The normalized spacial score (nSPS) is 14.5. The summed E-state index contributed by atoms with van der Waals surface area (Å²) in [7, 11) is -10.0. The number of aliphatic hydroxyl groups excluding tert-OH is 1. The van der Waals surface area contributed by atoms with E-state index >= 15 is 0 Å². The van der Waals surface area contributed by atoms with Crippen molar-refractivity contribution in [2.45, 2.75) is 354 Å². The fraction of sp³-hybridized carbons (Fsp3) is 0.701. The molecule has 0 bridgehead atoms. The fourth-order valence-electron chi connectivity index (χ4n) is 10.8. The number of hydrogen-bond acceptors (Lipinski definition) is 15. The lowest BCUT2D eigenvalue weighted by molar-refractivity contribution is -0.161. The predicted octanol–water partition coefficient (Wildman–Crippen LogP) is 24.4. The second-order valence-corrected chi connectivity index (χ2v) is 30.3. The van der Waals surface area contributed by atoms with Crippen LogP contribution in [0, 0.1) is 0 Å². The minimum absolute atomic E-state index is 0.0307. The molecule has 2 unspecified atom stereocenters. The zero-order chi connectivity index (χ0) is 77.4. The summed E-state index contributed by atoms with van der Waals surface area (Å²) in [6.07, 6.45) is 88.8. The molecule has 0 heterocycles. The molecule has 0 rings (SSSR count). The molecule has 0 aromatic rings. The van der Waals surface area contributed by atoms with Crippen molar-refractivity contribution in [1.29, 1.82) is 0 Å². The first-order chi connectivity index (χ1) is 51.7. The molecule has 0 aromatic carbocycles. The fourth-order valence-corrected chi connectivity index (χ4v) is 12.3. The van der Waals surface area contributed by atoms with Crippen molar-refractivity contribution >= 4 is 39.5 Å². The largest absolute Gasteiger partial charge is 0.472 e. The average Bonchev–Trinajstić information content (AvgIpc) is 0.902. The van der Waals surface area contributed by atoms with E-state index in [2.05, 4.69) is 131 Å². The number of aliphatic hydroxyl groups is 1. The Kier molecular flexibility index (Phi) is 74.8. The Bertz CT molecular complexity index is 2530. The number of allylic oxidation sites excluding steroid dienone is 22. The highest BCUT2D eigenvalue weighted by Gasteiger charge is 2.30. The van der Waals surface area contributed by atoms with Gasteiger partial charge in [-0.15, -0.1) is 0 Å². The second kappa shape index (κ2) is 78.3. The van der Waals surface area contributed by atoms with Crippen LogP contribution in [0.1, 0.15) is 336 Å². The molecule has 0 saturated carbocycles. The van der Waals surface area contributed by atoms with Crippen LogP contribution in [0.3, 0.4) is 0 Å². The molecule has 0 fully saturated rings. The Morgan fingerprint density at radius 2 is 0.481 bits per heavy atom. The highest BCUT2D eigenvalue weighted by molar-refractivity contribution is 7.47. The molecule has 0 aliphatic rings. The van der Waals surface area contributed by atoms with Gasteiger partial charge in [0, 0.05) is 25.7 Å². The molecule has 3 N–H and O–H groups in total. The highest BCUT2D eigenvalue weighted by atomic mass is 31.2. The Hall–Kier alpha value is -4.80. The molecule has 608 valence electrons. The van der Waals surface area contributed by atoms with E-state index in [-0.39, 0.29) is 25.7 Å². The standard InChI is InChI=1S/C87H148O17P2/c1-5-9-13-17-21-25-29-33-36-38-40-42-45-48-52-56-60-64-68-72-85(90)98-78-83(103-86(91)73-69-65-61-57-53-49-44-35-31-27-23-19-15-11-7-3)80-102-106(95,96)100-76-81(88)75-99-105(93,94)101-79-82(77-97-84(89)71-67-63-59-55-51-47-32-28-24-20-16-12-8-4)104-87(92)74-70-66-62-58-54-50-46-43-41-39-37-34-30-26-22-18-14-10-6-2/h21-22,25-27,31,33-34,36-37,40-43,48,50,52,54,60,62,64,66,81-83,88H,5-20,23-24,28-30,32,35,38-39,44-47,49,51,53,55-59,61,63,65,67-80H2,1-4H3,(H,93,94)(H,95,96)/b25-21-,26-22-,31-27-,36-33-,37-34-,42-40-,43-41-,52-48-,54-50-,64-60-,66-62-/t81-,82+,83+/m0/s1. The highest BCUT2D eigenvalue weighted by Crippen LogP contribution is 2.45. The molecule has 17 nitrogen and oxygen atoms in total. The molecule has 0 spiro atoms. The molecular weight excluding hydrogens is 1380 g/mol. The Labute approximate surface area is 644 Å². The van der Waals surface area contributed by atoms with Crippen LogP contribution in [-0.4, -0.2) is 96.7 Å². The van der Waals surface area contributed by atoms with Gasteiger partial charge < -0.3 is 33.8 Å². The number of rotatable bonds is 77. The van der Waals surface area contributed by atoms with Crippen molar-refractivity contribution in [3.05, 3.63) is 134 Å². The number of unbranched alkanes of at least 4 members (excludes halogenated alkanes) is 29. The van der Waals surface area contributed by atoms with E-state index in [0.29, 0.717) is 38.5 Å². The van der Waals surface area contributed by atoms with Crippen LogP contribution in [0.2, 0.25) is 0 Å². The van der Waals surface area contributed by atoms with Gasteiger partial charge in [0.1, 0.15) is 19.3 Å². The average molecular weight is 1530 g/mol. The number of phosphoric ester groups is 2. The van der Waals surface area contributed by atoms with Crippen molar-refractivity contribution in [2.75, 3.05) is 39.6 Å². The number of phosphoric acid groups is 2. The number of carbonyl (C=O) groups is 4. The Morgan fingerprint density at radius 1 is 0.264 bits per heavy atom. The molecule has 0 radical (unpaired) electrons. The van der Waals surface area contributed by atoms with Gasteiger partial charge in [-0.05, 0) is 128 Å². The van der Waals surface area contributed by atoms with Crippen molar-refractivity contribution in [3.63, 3.8) is 0 Å². The molecule has 5 atom stereocenters. The minimum atomic E-state index is -5.00. The smallest absolute Gasteiger partial charge is 0.462 e. The summed E-state index contributed by atoms with van der Waals surface area (Å²) in [6.45, 7) is 4.66. The maximum atomic E-state index is 13.1. The second-order valence-electron chi connectivity index (χ2n) is 27.4. The lowest BCUT2D eigenvalue weighted by Gasteiger charge is -2.21. The molecule has 0 aliphatic carbocycles. The van der Waals surface area contributed by atoms with Crippen molar-refractivity contribution in [3.8, 4) is 0 Å². The van der Waals surface area contributed by atoms with Crippen LogP contribution in [0.15, 0.2) is 134 Å². The third kappa shape index (κ3) is 77.4. The summed E-state index contributed by atoms with van der Waals surface area (Å²) in [6, 6.07) is 0. The van der Waals surface area contributed by atoms with Crippen LogP contribution in [0.25, 0.3) is 0 Å². The first kappa shape index (κ1) is 101. The zero-order valence-corrected chi connectivity index (χ0v) is 68.4. The van der Waals surface area contributed by atoms with E-state index in [1.165, 1.54) is 116 Å². The zero-order valence-electron chi connectivity index (χ0n) is 66.6. The van der Waals surface area contributed by atoms with Gasteiger partial charge in [-0.1, -0.05) is 315 Å². The maximum absolute atomic E-state index is 13.1.